The molecule has 0 aliphatic heterocycles. The zero-order chi connectivity index (χ0) is 10.7. The Morgan fingerprint density at radius 3 is 3.00 bits per heavy atom. The Morgan fingerprint density at radius 2 is 2.33 bits per heavy atom. The van der Waals surface area contributed by atoms with Crippen LogP contribution < -0.4 is 5.32 Å². The normalized spacial score (nSPS) is 10.3. The number of thiazole rings is 1. The molecule has 0 saturated heterocycles. The monoisotopic (exact) mass is 302 g/mol. The maximum Gasteiger partial charge on any atom is 0.112 e. The van der Waals surface area contributed by atoms with Crippen molar-refractivity contribution in [2.24, 2.45) is 0 Å². The van der Waals surface area contributed by atoms with E-state index in [-0.39, 0.29) is 0 Å². The summed E-state index contributed by atoms with van der Waals surface area (Å²) in [5.74, 6) is 0. The standard InChI is InChI=1S/C10H8BrClN2S/c11-8-5-7(1-2-9(8)12)14-6-10-13-3-4-15-10/h1-5,14H,6H2. The van der Waals surface area contributed by atoms with Gasteiger partial charge in [-0.3, -0.25) is 0 Å². The summed E-state index contributed by atoms with van der Waals surface area (Å²) in [6.45, 7) is 0.742. The van der Waals surface area contributed by atoms with Crippen molar-refractivity contribution in [1.82, 2.24) is 4.98 Å². The zero-order valence-electron chi connectivity index (χ0n) is 7.71. The summed E-state index contributed by atoms with van der Waals surface area (Å²) >= 11 is 10.9. The third-order valence-electron chi connectivity index (χ3n) is 1.85. The number of aromatic nitrogens is 1. The molecule has 0 unspecified atom stereocenters. The number of nitrogens with zero attached hydrogens (tertiary/aromatic N) is 1. The van der Waals surface area contributed by atoms with Crippen LogP contribution in [0.15, 0.2) is 34.2 Å². The molecule has 0 fully saturated rings. The van der Waals surface area contributed by atoms with Gasteiger partial charge in [-0.05, 0) is 34.1 Å². The predicted molar refractivity (Wildman–Crippen MR) is 68.6 cm³/mol. The maximum atomic E-state index is 5.90. The first kappa shape index (κ1) is 10.9. The summed E-state index contributed by atoms with van der Waals surface area (Å²) in [4.78, 5) is 4.19. The van der Waals surface area contributed by atoms with Crippen LogP contribution in [0.3, 0.4) is 0 Å². The van der Waals surface area contributed by atoms with E-state index < -0.39 is 0 Å². The average molecular weight is 304 g/mol. The molecule has 5 heteroatoms. The molecule has 0 radical (unpaired) electrons. The molecule has 15 heavy (non-hydrogen) atoms. The zero-order valence-corrected chi connectivity index (χ0v) is 10.9. The van der Waals surface area contributed by atoms with Crippen molar-refractivity contribution in [1.29, 1.82) is 0 Å². The van der Waals surface area contributed by atoms with Crippen LogP contribution in [0, 0.1) is 0 Å². The van der Waals surface area contributed by atoms with E-state index in [0.717, 1.165) is 26.7 Å². The molecule has 1 aromatic carbocycles. The van der Waals surface area contributed by atoms with Gasteiger partial charge < -0.3 is 5.32 Å². The molecular formula is C10H8BrClN2S. The van der Waals surface area contributed by atoms with Crippen LogP contribution in [-0.2, 0) is 6.54 Å². The average Bonchev–Trinajstić information content (AvgIpc) is 2.73. The molecule has 0 saturated carbocycles. The van der Waals surface area contributed by atoms with Crippen molar-refractivity contribution in [3.63, 3.8) is 0 Å². The van der Waals surface area contributed by atoms with E-state index in [1.807, 2.05) is 23.6 Å². The van der Waals surface area contributed by atoms with Crippen LogP contribution in [0.25, 0.3) is 0 Å². The van der Waals surface area contributed by atoms with Gasteiger partial charge in [-0.2, -0.15) is 0 Å². The van der Waals surface area contributed by atoms with Crippen LogP contribution >= 0.6 is 38.9 Å². The van der Waals surface area contributed by atoms with Crippen molar-refractivity contribution < 1.29 is 0 Å². The first-order valence-electron chi connectivity index (χ1n) is 4.33. The van der Waals surface area contributed by atoms with Crippen LogP contribution in [-0.4, -0.2) is 4.98 Å². The number of rotatable bonds is 3. The predicted octanol–water partition coefficient (Wildman–Crippen LogP) is 4.17. The van der Waals surface area contributed by atoms with Gasteiger partial charge in [-0.15, -0.1) is 11.3 Å². The summed E-state index contributed by atoms with van der Waals surface area (Å²) in [5.41, 5.74) is 1.03. The van der Waals surface area contributed by atoms with E-state index in [9.17, 15) is 0 Å². The summed E-state index contributed by atoms with van der Waals surface area (Å²) in [7, 11) is 0. The number of halogens is 2. The van der Waals surface area contributed by atoms with E-state index in [2.05, 4.69) is 26.2 Å². The van der Waals surface area contributed by atoms with Gasteiger partial charge >= 0.3 is 0 Å². The second kappa shape index (κ2) is 4.96. The molecular weight excluding hydrogens is 296 g/mol. The van der Waals surface area contributed by atoms with Gasteiger partial charge in [0.1, 0.15) is 5.01 Å². The molecule has 0 amide bonds. The minimum Gasteiger partial charge on any atom is -0.378 e. The number of nitrogens with one attached hydrogen (secondary N) is 1. The van der Waals surface area contributed by atoms with E-state index in [4.69, 9.17) is 11.6 Å². The first-order chi connectivity index (χ1) is 7.25. The lowest BCUT2D eigenvalue weighted by atomic mass is 10.3. The van der Waals surface area contributed by atoms with Crippen molar-refractivity contribution >= 4 is 44.6 Å². The summed E-state index contributed by atoms with van der Waals surface area (Å²) in [6, 6.07) is 5.76. The van der Waals surface area contributed by atoms with E-state index in [1.165, 1.54) is 0 Å². The fourth-order valence-corrected chi connectivity index (χ4v) is 2.18. The molecule has 0 aliphatic carbocycles. The van der Waals surface area contributed by atoms with Crippen molar-refractivity contribution in [3.05, 3.63) is 44.3 Å². The Balaban J connectivity index is 2.02. The highest BCUT2D eigenvalue weighted by Gasteiger charge is 1.99. The van der Waals surface area contributed by atoms with Crippen molar-refractivity contribution in [3.8, 4) is 0 Å². The van der Waals surface area contributed by atoms with Gasteiger partial charge in [0.25, 0.3) is 0 Å². The Morgan fingerprint density at radius 1 is 1.47 bits per heavy atom. The third kappa shape index (κ3) is 2.93. The Hall–Kier alpha value is -0.580. The highest BCUT2D eigenvalue weighted by Crippen LogP contribution is 2.25. The quantitative estimate of drug-likeness (QED) is 0.920. The van der Waals surface area contributed by atoms with Gasteiger partial charge in [0.2, 0.25) is 0 Å². The fourth-order valence-electron chi connectivity index (χ4n) is 1.12. The van der Waals surface area contributed by atoms with E-state index in [0.29, 0.717) is 0 Å². The minimum atomic E-state index is 0.717. The Labute approximate surface area is 105 Å². The summed E-state index contributed by atoms with van der Waals surface area (Å²) in [5, 5.41) is 7.03. The molecule has 1 heterocycles. The fraction of sp³-hybridized carbons (Fsp3) is 0.100. The van der Waals surface area contributed by atoms with Crippen LogP contribution in [0.5, 0.6) is 0 Å². The highest BCUT2D eigenvalue weighted by molar-refractivity contribution is 9.10. The van der Waals surface area contributed by atoms with Gasteiger partial charge in [0.15, 0.2) is 0 Å². The molecule has 1 aromatic heterocycles. The third-order valence-corrected chi connectivity index (χ3v) is 3.84. The van der Waals surface area contributed by atoms with E-state index >= 15 is 0 Å². The van der Waals surface area contributed by atoms with Crippen molar-refractivity contribution in [2.75, 3.05) is 5.32 Å². The number of hydrogen-bond donors (Lipinski definition) is 1. The first-order valence-corrected chi connectivity index (χ1v) is 6.38. The molecule has 2 aromatic rings. The van der Waals surface area contributed by atoms with Gasteiger partial charge in [0.05, 0.1) is 11.6 Å². The number of hydrogen-bond acceptors (Lipinski definition) is 3. The molecule has 1 N–H and O–H groups in total. The minimum absolute atomic E-state index is 0.717. The van der Waals surface area contributed by atoms with Gasteiger partial charge in [-0.1, -0.05) is 11.6 Å². The molecule has 0 atom stereocenters. The molecule has 2 rings (SSSR count). The summed E-state index contributed by atoms with van der Waals surface area (Å²) in [6.07, 6.45) is 1.81. The van der Waals surface area contributed by atoms with Crippen molar-refractivity contribution in [2.45, 2.75) is 6.54 Å². The SMILES string of the molecule is Clc1ccc(NCc2nccs2)cc1Br. The molecule has 0 spiro atoms. The number of anilines is 1. The molecule has 0 aliphatic rings. The smallest absolute Gasteiger partial charge is 0.112 e. The van der Waals surface area contributed by atoms with Gasteiger partial charge in [0, 0.05) is 21.7 Å². The second-order valence-corrected chi connectivity index (χ2v) is 5.15. The second-order valence-electron chi connectivity index (χ2n) is 2.91. The van der Waals surface area contributed by atoms with Crippen LogP contribution in [0.4, 0.5) is 5.69 Å². The maximum absolute atomic E-state index is 5.90. The lowest BCUT2D eigenvalue weighted by Gasteiger charge is -2.05. The Bertz CT molecular complexity index is 445. The highest BCUT2D eigenvalue weighted by atomic mass is 79.9. The Kier molecular flexibility index (Phi) is 3.61. The topological polar surface area (TPSA) is 24.9 Å². The van der Waals surface area contributed by atoms with Gasteiger partial charge in [-0.25, -0.2) is 4.98 Å². The molecule has 78 valence electrons. The number of benzene rings is 1. The van der Waals surface area contributed by atoms with Crippen LogP contribution in [0.2, 0.25) is 5.02 Å². The largest absolute Gasteiger partial charge is 0.378 e. The molecule has 0 bridgehead atoms. The van der Waals surface area contributed by atoms with Crippen LogP contribution in [0.1, 0.15) is 5.01 Å². The van der Waals surface area contributed by atoms with E-state index in [1.54, 1.807) is 17.5 Å². The lowest BCUT2D eigenvalue weighted by Crippen LogP contribution is -1.98. The lowest BCUT2D eigenvalue weighted by molar-refractivity contribution is 1.10. The summed E-state index contributed by atoms with van der Waals surface area (Å²) < 4.78 is 0.897. The molecule has 2 nitrogen and oxygen atoms in total.